The highest BCUT2D eigenvalue weighted by Crippen LogP contribution is 2.70. The summed E-state index contributed by atoms with van der Waals surface area (Å²) in [6.45, 7) is 10.7. The number of carbonyl (C=O) groups excluding carboxylic acids is 1. The van der Waals surface area contributed by atoms with Crippen LogP contribution >= 0.6 is 0 Å². The molecule has 1 heterocycles. The molecule has 37 heavy (non-hydrogen) atoms. The van der Waals surface area contributed by atoms with Crippen LogP contribution in [0.15, 0.2) is 60.7 Å². The van der Waals surface area contributed by atoms with Crippen molar-refractivity contribution >= 4 is 15.9 Å². The van der Waals surface area contributed by atoms with Gasteiger partial charge in [-0.15, -0.1) is 0 Å². The zero-order valence-electron chi connectivity index (χ0n) is 22.8. The average molecular weight is 523 g/mol. The van der Waals surface area contributed by atoms with Crippen molar-refractivity contribution in [1.29, 1.82) is 0 Å². The molecule has 0 aromatic heterocycles. The van der Waals surface area contributed by atoms with Gasteiger partial charge in [-0.2, -0.15) is 0 Å². The first-order chi connectivity index (χ1) is 17.5. The van der Waals surface area contributed by atoms with Crippen LogP contribution in [0.25, 0.3) is 0 Å². The molecule has 2 saturated carbocycles. The van der Waals surface area contributed by atoms with Crippen molar-refractivity contribution in [2.45, 2.75) is 72.5 Å². The number of hydrogen-bond acceptors (Lipinski definition) is 4. The van der Waals surface area contributed by atoms with E-state index in [-0.39, 0.29) is 34.4 Å². The Balaban J connectivity index is 1.44. The first-order valence-electron chi connectivity index (χ1n) is 13.9. The summed E-state index contributed by atoms with van der Waals surface area (Å²) in [7, 11) is -3.63. The summed E-state index contributed by atoms with van der Waals surface area (Å²) in [6, 6.07) is 20.5. The molecule has 2 aromatic carbocycles. The van der Waals surface area contributed by atoms with Gasteiger partial charge in [-0.1, -0.05) is 88.4 Å². The zero-order chi connectivity index (χ0) is 26.4. The number of sulfonamides is 1. The molecule has 5 rings (SSSR count). The predicted octanol–water partition coefficient (Wildman–Crippen LogP) is 5.72. The van der Waals surface area contributed by atoms with E-state index in [1.54, 1.807) is 0 Å². The van der Waals surface area contributed by atoms with Gasteiger partial charge in [0, 0.05) is 25.0 Å². The first kappa shape index (κ1) is 26.4. The van der Waals surface area contributed by atoms with Crippen molar-refractivity contribution in [2.24, 2.45) is 28.6 Å². The van der Waals surface area contributed by atoms with Crippen LogP contribution in [0.4, 0.5) is 0 Å². The lowest BCUT2D eigenvalue weighted by Gasteiger charge is -2.38. The van der Waals surface area contributed by atoms with Crippen LogP contribution in [0, 0.1) is 28.6 Å². The molecule has 3 fully saturated rings. The normalized spacial score (nSPS) is 28.1. The second kappa shape index (κ2) is 9.85. The number of nitrogens with zero attached hydrogens (tertiary/aromatic N) is 2. The summed E-state index contributed by atoms with van der Waals surface area (Å²) in [4.78, 5) is 16.6. The molecule has 3 unspecified atom stereocenters. The highest BCUT2D eigenvalue weighted by molar-refractivity contribution is 7.90. The standard InChI is InChI=1S/C31H42N2O3S/c1-23(2)17-26(21-32(19-24-11-7-5-8-12-24)20-25-13-9-6-10-14-25)29(34)33-28-18-27-15-16-31(28,30(27,3)4)22-37(33,35)36/h5-14,23,26-28H,15-22H2,1-4H3/t26-,27?,28?,31?/m1/s1. The van der Waals surface area contributed by atoms with Crippen LogP contribution in [0.3, 0.4) is 0 Å². The fourth-order valence-electron chi connectivity index (χ4n) is 7.76. The van der Waals surface area contributed by atoms with Crippen molar-refractivity contribution < 1.29 is 13.2 Å². The highest BCUT2D eigenvalue weighted by Gasteiger charge is 2.72. The summed E-state index contributed by atoms with van der Waals surface area (Å²) in [5.41, 5.74) is 2.05. The van der Waals surface area contributed by atoms with E-state index in [0.29, 0.717) is 37.9 Å². The second-order valence-electron chi connectivity index (χ2n) is 12.7. The van der Waals surface area contributed by atoms with E-state index in [1.165, 1.54) is 15.4 Å². The topological polar surface area (TPSA) is 57.7 Å². The molecule has 6 heteroatoms. The van der Waals surface area contributed by atoms with E-state index in [1.807, 2.05) is 36.4 Å². The van der Waals surface area contributed by atoms with Gasteiger partial charge in [0.1, 0.15) is 0 Å². The summed E-state index contributed by atoms with van der Waals surface area (Å²) in [5, 5.41) is 0. The molecule has 1 aliphatic heterocycles. The van der Waals surface area contributed by atoms with Crippen molar-refractivity contribution in [1.82, 2.24) is 9.21 Å². The summed E-state index contributed by atoms with van der Waals surface area (Å²) >= 11 is 0. The quantitative estimate of drug-likeness (QED) is 0.423. The highest BCUT2D eigenvalue weighted by atomic mass is 32.2. The number of rotatable bonds is 9. The maximum atomic E-state index is 14.3. The van der Waals surface area contributed by atoms with Crippen LogP contribution in [0.5, 0.6) is 0 Å². The maximum Gasteiger partial charge on any atom is 0.240 e. The van der Waals surface area contributed by atoms with E-state index in [2.05, 4.69) is 56.9 Å². The third-order valence-corrected chi connectivity index (χ3v) is 11.6. The van der Waals surface area contributed by atoms with Gasteiger partial charge in [0.15, 0.2) is 0 Å². The Morgan fingerprint density at radius 2 is 1.57 bits per heavy atom. The van der Waals surface area contributed by atoms with E-state index in [9.17, 15) is 13.2 Å². The molecule has 3 aliphatic rings. The van der Waals surface area contributed by atoms with Gasteiger partial charge in [-0.3, -0.25) is 9.69 Å². The summed E-state index contributed by atoms with van der Waals surface area (Å²) in [5.74, 6) is 0.385. The number of fused-ring (bicyclic) bond motifs is 1. The van der Waals surface area contributed by atoms with Gasteiger partial charge in [-0.05, 0) is 54.1 Å². The van der Waals surface area contributed by atoms with Crippen LogP contribution in [0.1, 0.15) is 64.5 Å². The van der Waals surface area contributed by atoms with E-state index in [4.69, 9.17) is 0 Å². The van der Waals surface area contributed by atoms with Crippen molar-refractivity contribution in [3.63, 3.8) is 0 Å². The van der Waals surface area contributed by atoms with Crippen molar-refractivity contribution in [3.05, 3.63) is 71.8 Å². The Kier molecular flexibility index (Phi) is 7.03. The van der Waals surface area contributed by atoms with Crippen LogP contribution in [-0.4, -0.2) is 41.9 Å². The fourth-order valence-corrected chi connectivity index (χ4v) is 10.4. The molecule has 2 aliphatic carbocycles. The summed E-state index contributed by atoms with van der Waals surface area (Å²) in [6.07, 6.45) is 3.50. The van der Waals surface area contributed by atoms with Gasteiger partial charge in [0.2, 0.25) is 15.9 Å². The van der Waals surface area contributed by atoms with E-state index in [0.717, 1.165) is 19.3 Å². The lowest BCUT2D eigenvalue weighted by atomic mass is 9.69. The number of amides is 1. The molecular formula is C31H42N2O3S. The number of carbonyl (C=O) groups is 1. The Morgan fingerprint density at radius 3 is 2.08 bits per heavy atom. The Labute approximate surface area is 223 Å². The largest absolute Gasteiger partial charge is 0.294 e. The average Bonchev–Trinajstić information content (AvgIpc) is 3.32. The van der Waals surface area contributed by atoms with Gasteiger partial charge < -0.3 is 0 Å². The van der Waals surface area contributed by atoms with Gasteiger partial charge in [0.25, 0.3) is 0 Å². The van der Waals surface area contributed by atoms with Crippen LogP contribution in [0.2, 0.25) is 0 Å². The molecule has 1 spiro atoms. The van der Waals surface area contributed by atoms with Crippen molar-refractivity contribution in [2.75, 3.05) is 12.3 Å². The fraction of sp³-hybridized carbons (Fsp3) is 0.581. The molecule has 0 N–H and O–H groups in total. The molecule has 200 valence electrons. The molecule has 4 atom stereocenters. The summed E-state index contributed by atoms with van der Waals surface area (Å²) < 4.78 is 28.7. The Bertz CT molecular complexity index is 1170. The zero-order valence-corrected chi connectivity index (χ0v) is 23.6. The SMILES string of the molecule is CC(C)C[C@H](CN(Cc1ccccc1)Cc1ccccc1)C(=O)N1C2CC3CCC2(CS1(=O)=O)C3(C)C. The van der Waals surface area contributed by atoms with E-state index < -0.39 is 10.0 Å². The van der Waals surface area contributed by atoms with Gasteiger partial charge in [-0.25, -0.2) is 12.7 Å². The van der Waals surface area contributed by atoms with Crippen LogP contribution < -0.4 is 0 Å². The minimum Gasteiger partial charge on any atom is -0.294 e. The molecule has 5 nitrogen and oxygen atoms in total. The molecular weight excluding hydrogens is 480 g/mol. The monoisotopic (exact) mass is 522 g/mol. The number of hydrogen-bond donors (Lipinski definition) is 0. The molecule has 2 aromatic rings. The van der Waals surface area contributed by atoms with Crippen LogP contribution in [-0.2, 0) is 27.9 Å². The van der Waals surface area contributed by atoms with Gasteiger partial charge in [0.05, 0.1) is 17.7 Å². The molecule has 2 bridgehead atoms. The third kappa shape index (κ3) is 4.76. The predicted molar refractivity (Wildman–Crippen MR) is 148 cm³/mol. The minimum absolute atomic E-state index is 0.0417. The first-order valence-corrected chi connectivity index (χ1v) is 15.5. The second-order valence-corrected chi connectivity index (χ2v) is 14.6. The Hall–Kier alpha value is -2.18. The molecule has 1 saturated heterocycles. The van der Waals surface area contributed by atoms with Gasteiger partial charge >= 0.3 is 0 Å². The molecule has 1 amide bonds. The lowest BCUT2D eigenvalue weighted by molar-refractivity contribution is -0.134. The number of benzene rings is 2. The maximum absolute atomic E-state index is 14.3. The third-order valence-electron chi connectivity index (χ3n) is 9.71. The minimum atomic E-state index is -3.63. The Morgan fingerprint density at radius 1 is 1.00 bits per heavy atom. The van der Waals surface area contributed by atoms with Crippen molar-refractivity contribution in [3.8, 4) is 0 Å². The lowest BCUT2D eigenvalue weighted by Crippen LogP contribution is -2.48. The smallest absolute Gasteiger partial charge is 0.240 e. The molecule has 0 radical (unpaired) electrons. The van der Waals surface area contributed by atoms with E-state index >= 15 is 0 Å².